The summed E-state index contributed by atoms with van der Waals surface area (Å²) in [7, 11) is 0. The molecule has 0 N–H and O–H groups in total. The van der Waals surface area contributed by atoms with Crippen molar-refractivity contribution in [2.45, 2.75) is 316 Å². The van der Waals surface area contributed by atoms with Crippen LogP contribution in [-0.2, 0) is 9.59 Å². The summed E-state index contributed by atoms with van der Waals surface area (Å²) in [5.41, 5.74) is -2.27. The Morgan fingerprint density at radius 1 is 0.313 bits per heavy atom. The molecule has 2 nitrogen and oxygen atoms in total. The van der Waals surface area contributed by atoms with Gasteiger partial charge >= 0.3 is 0 Å². The summed E-state index contributed by atoms with van der Waals surface area (Å²) >= 11 is 0. The lowest BCUT2D eigenvalue weighted by atomic mass is 9.41. The number of unbranched alkanes of at least 4 members (excludes halogenated alkanes) is 11. The molecule has 4 spiro atoms. The minimum Gasteiger partial charge on any atom is -0.298 e. The van der Waals surface area contributed by atoms with Gasteiger partial charge in [0.15, 0.2) is 11.6 Å². The first kappa shape index (κ1) is 54.0. The summed E-state index contributed by atoms with van der Waals surface area (Å²) in [4.78, 5) is 27.0. The molecular formula is C63H108F2O2. The summed E-state index contributed by atoms with van der Waals surface area (Å²) < 4.78 is 31.7. The van der Waals surface area contributed by atoms with Gasteiger partial charge in [-0.05, 0) is 176 Å². The molecule has 0 aliphatic heterocycles. The number of ketones is 2. The van der Waals surface area contributed by atoms with Crippen molar-refractivity contribution in [1.82, 2.24) is 0 Å². The van der Waals surface area contributed by atoms with Crippen molar-refractivity contribution >= 4 is 11.6 Å². The summed E-state index contributed by atoms with van der Waals surface area (Å²) in [6.07, 6.45) is 51.2. The number of halogens is 2. The molecule has 0 saturated heterocycles. The highest BCUT2D eigenvalue weighted by Gasteiger charge is 2.73. The second-order valence-corrected chi connectivity index (χ2v) is 26.2. The highest BCUT2D eigenvalue weighted by atomic mass is 19.1. The van der Waals surface area contributed by atoms with Crippen LogP contribution < -0.4 is 0 Å². The van der Waals surface area contributed by atoms with Crippen LogP contribution in [0.1, 0.15) is 304 Å². The maximum Gasteiger partial charge on any atom is 0.151 e. The molecule has 0 unspecified atom stereocenters. The van der Waals surface area contributed by atoms with Crippen molar-refractivity contribution < 1.29 is 18.4 Å². The van der Waals surface area contributed by atoms with Crippen molar-refractivity contribution in [2.24, 2.45) is 69.0 Å². The predicted molar refractivity (Wildman–Crippen MR) is 279 cm³/mol. The van der Waals surface area contributed by atoms with E-state index in [2.05, 4.69) is 27.7 Å². The van der Waals surface area contributed by atoms with Crippen LogP contribution >= 0.6 is 0 Å². The maximum atomic E-state index is 15.9. The van der Waals surface area contributed by atoms with Gasteiger partial charge in [-0.3, -0.25) is 9.59 Å². The molecule has 8 fully saturated rings. The summed E-state index contributed by atoms with van der Waals surface area (Å²) in [6, 6.07) is 0. The Balaban J connectivity index is 0.000000199. The molecule has 8 aliphatic carbocycles. The number of carbonyl (C=O) groups excluding carboxylic acids is 2. The monoisotopic (exact) mass is 935 g/mol. The molecular weight excluding hydrogens is 827 g/mol. The molecule has 4 heteroatoms. The van der Waals surface area contributed by atoms with Crippen LogP contribution in [0.25, 0.3) is 0 Å². The quantitative estimate of drug-likeness (QED) is 0.108. The van der Waals surface area contributed by atoms with Gasteiger partial charge in [0.2, 0.25) is 0 Å². The fourth-order valence-corrected chi connectivity index (χ4v) is 17.6. The zero-order valence-electron chi connectivity index (χ0n) is 44.8. The molecule has 0 heterocycles. The van der Waals surface area contributed by atoms with E-state index in [1.807, 2.05) is 0 Å². The van der Waals surface area contributed by atoms with Crippen molar-refractivity contribution in [2.75, 3.05) is 0 Å². The van der Waals surface area contributed by atoms with Crippen LogP contribution in [0.2, 0.25) is 0 Å². The molecule has 0 aromatic rings. The largest absolute Gasteiger partial charge is 0.298 e. The number of alkyl halides is 2. The van der Waals surface area contributed by atoms with E-state index in [1.165, 1.54) is 173 Å². The second kappa shape index (κ2) is 25.7. The van der Waals surface area contributed by atoms with E-state index in [-0.39, 0.29) is 0 Å². The standard InChI is InChI=1S/C32H55FO.C31H53FO/c1-3-5-7-8-10-12-25-13-15-27(16-14-25)28-19-23-32(24-20-28)29(33)31(30(32)34)21-17-26(18-22-31)11-9-6-4-2;1-3-5-7-8-9-11-24-12-14-26(15-13-24)27-18-22-31(23-19-27)28(32)30(29(31)33)20-16-25(17-21-30)10-6-4-2/h25-29H,3-24H2,1-2H3;24-28H,3-23H2,1-2H3/t25?,26?,27?,28?,29-,31?,32?;24?,25?,26?,27?,28-,30?,31?/m11/s1. The van der Waals surface area contributed by atoms with Gasteiger partial charge in [-0.25, -0.2) is 8.78 Å². The van der Waals surface area contributed by atoms with Crippen LogP contribution in [0, 0.1) is 69.0 Å². The second-order valence-electron chi connectivity index (χ2n) is 26.2. The molecule has 2 atom stereocenters. The number of hydrogen-bond acceptors (Lipinski definition) is 2. The van der Waals surface area contributed by atoms with Crippen molar-refractivity contribution in [3.8, 4) is 0 Å². The van der Waals surface area contributed by atoms with Crippen LogP contribution in [0.5, 0.6) is 0 Å². The molecule has 67 heavy (non-hydrogen) atoms. The molecule has 0 amide bonds. The number of Topliss-reactive ketones (excluding diaryl/α,β-unsaturated/α-hetero) is 2. The third-order valence-electron chi connectivity index (χ3n) is 22.3. The summed E-state index contributed by atoms with van der Waals surface area (Å²) in [5, 5.41) is 0. The zero-order valence-corrected chi connectivity index (χ0v) is 44.8. The van der Waals surface area contributed by atoms with E-state index >= 15 is 8.78 Å². The first-order chi connectivity index (χ1) is 32.6. The first-order valence-electron chi connectivity index (χ1n) is 31.0. The Morgan fingerprint density at radius 3 is 0.866 bits per heavy atom. The Kier molecular flexibility index (Phi) is 20.7. The Labute approximate surface area is 413 Å². The third kappa shape index (κ3) is 12.2. The van der Waals surface area contributed by atoms with E-state index in [0.717, 1.165) is 150 Å². The fraction of sp³-hybridized carbons (Fsp3) is 0.968. The van der Waals surface area contributed by atoms with Crippen molar-refractivity contribution in [3.05, 3.63) is 0 Å². The SMILES string of the molecule is CCCCCCCC1CCC(C2CCC3(CC2)C(=O)C2(CCC(CCCC)CC2)[C@H]3F)CC1.CCCCCCCC1CCC(C2CCC3(CC2)C(=O)C2(CCC(CCCCC)CC2)[C@H]3F)CC1. The normalized spacial score (nSPS) is 41.0. The third-order valence-corrected chi connectivity index (χ3v) is 22.3. The van der Waals surface area contributed by atoms with Crippen LogP contribution in [0.15, 0.2) is 0 Å². The lowest BCUT2D eigenvalue weighted by Gasteiger charge is -2.61. The van der Waals surface area contributed by atoms with Crippen LogP contribution in [0.3, 0.4) is 0 Å². The maximum absolute atomic E-state index is 15.9. The molecule has 8 aliphatic rings. The molecule has 0 radical (unpaired) electrons. The van der Waals surface area contributed by atoms with Gasteiger partial charge < -0.3 is 0 Å². The van der Waals surface area contributed by atoms with Gasteiger partial charge in [-0.2, -0.15) is 0 Å². The predicted octanol–water partition coefficient (Wildman–Crippen LogP) is 19.6. The number of hydrogen-bond donors (Lipinski definition) is 0. The Bertz CT molecular complexity index is 1440. The summed E-state index contributed by atoms with van der Waals surface area (Å²) in [5.74, 6) is 7.40. The molecule has 0 aromatic carbocycles. The van der Waals surface area contributed by atoms with Gasteiger partial charge in [0.1, 0.15) is 12.3 Å². The molecule has 8 rings (SSSR count). The smallest absolute Gasteiger partial charge is 0.151 e. The average Bonchev–Trinajstić information content (AvgIpc) is 3.38. The van der Waals surface area contributed by atoms with Gasteiger partial charge in [-0.1, -0.05) is 175 Å². The minimum atomic E-state index is -0.839. The molecule has 0 aromatic heterocycles. The minimum absolute atomic E-state index is 0.363. The van der Waals surface area contributed by atoms with Gasteiger partial charge in [0.05, 0.1) is 21.7 Å². The highest BCUT2D eigenvalue weighted by Crippen LogP contribution is 2.68. The van der Waals surface area contributed by atoms with E-state index in [0.29, 0.717) is 11.6 Å². The van der Waals surface area contributed by atoms with Gasteiger partial charge in [0, 0.05) is 0 Å². The van der Waals surface area contributed by atoms with E-state index < -0.39 is 34.0 Å². The summed E-state index contributed by atoms with van der Waals surface area (Å²) in [6.45, 7) is 9.09. The highest BCUT2D eigenvalue weighted by molar-refractivity contribution is 5.99. The molecule has 8 saturated carbocycles. The van der Waals surface area contributed by atoms with Crippen LogP contribution in [0.4, 0.5) is 8.78 Å². The Hall–Kier alpha value is -0.800. The lowest BCUT2D eigenvalue weighted by Crippen LogP contribution is -2.69. The van der Waals surface area contributed by atoms with Crippen molar-refractivity contribution in [1.29, 1.82) is 0 Å². The first-order valence-corrected chi connectivity index (χ1v) is 31.0. The lowest BCUT2D eigenvalue weighted by molar-refractivity contribution is -0.194. The zero-order chi connectivity index (χ0) is 47.3. The van der Waals surface area contributed by atoms with Gasteiger partial charge in [0.25, 0.3) is 0 Å². The Morgan fingerprint density at radius 2 is 0.552 bits per heavy atom. The van der Waals surface area contributed by atoms with Crippen LogP contribution in [-0.4, -0.2) is 23.9 Å². The van der Waals surface area contributed by atoms with E-state index in [4.69, 9.17) is 0 Å². The molecule has 0 bridgehead atoms. The fourth-order valence-electron chi connectivity index (χ4n) is 17.6. The van der Waals surface area contributed by atoms with Gasteiger partial charge in [-0.15, -0.1) is 0 Å². The average molecular weight is 936 g/mol. The van der Waals surface area contributed by atoms with E-state index in [1.54, 1.807) is 0 Å². The molecule has 386 valence electrons. The number of carbonyl (C=O) groups is 2. The number of rotatable bonds is 21. The van der Waals surface area contributed by atoms with E-state index in [9.17, 15) is 9.59 Å². The topological polar surface area (TPSA) is 34.1 Å². The van der Waals surface area contributed by atoms with Crippen molar-refractivity contribution in [3.63, 3.8) is 0 Å².